The van der Waals surface area contributed by atoms with Gasteiger partial charge in [0.25, 0.3) is 0 Å². The monoisotopic (exact) mass is 408 g/mol. The first-order chi connectivity index (χ1) is 13.9. The number of anilines is 1. The van der Waals surface area contributed by atoms with Crippen molar-refractivity contribution in [2.75, 3.05) is 32.1 Å². The van der Waals surface area contributed by atoms with Gasteiger partial charge in [-0.2, -0.15) is 0 Å². The van der Waals surface area contributed by atoms with E-state index in [0.29, 0.717) is 11.5 Å². The average molecular weight is 408 g/mol. The summed E-state index contributed by atoms with van der Waals surface area (Å²) in [7, 11) is 1.52. The van der Waals surface area contributed by atoms with E-state index in [4.69, 9.17) is 9.47 Å². The zero-order valence-corrected chi connectivity index (χ0v) is 15.6. The van der Waals surface area contributed by atoms with Crippen LogP contribution < -0.4 is 14.8 Å². The van der Waals surface area contributed by atoms with Crippen LogP contribution in [0, 0.1) is 23.4 Å². The third-order valence-electron chi connectivity index (χ3n) is 4.57. The second-order valence-electron chi connectivity index (χ2n) is 6.45. The lowest BCUT2D eigenvalue weighted by molar-refractivity contribution is -0.128. The Labute approximate surface area is 165 Å². The number of carbonyl (C=O) groups excluding carboxylic acids is 2. The fourth-order valence-corrected chi connectivity index (χ4v) is 3.02. The lowest BCUT2D eigenvalue weighted by atomic mass is 10.1. The van der Waals surface area contributed by atoms with Gasteiger partial charge in [-0.05, 0) is 24.3 Å². The van der Waals surface area contributed by atoms with E-state index in [9.17, 15) is 22.8 Å². The van der Waals surface area contributed by atoms with Gasteiger partial charge in [0.1, 0.15) is 6.61 Å². The molecule has 0 saturated carbocycles. The number of nitrogens with zero attached hydrogens (tertiary/aromatic N) is 1. The van der Waals surface area contributed by atoms with Gasteiger partial charge >= 0.3 is 0 Å². The van der Waals surface area contributed by atoms with Crippen LogP contribution in [-0.2, 0) is 9.59 Å². The number of para-hydroxylation sites is 2. The molecule has 3 rings (SSSR count). The molecule has 1 N–H and O–H groups in total. The lowest BCUT2D eigenvalue weighted by Crippen LogP contribution is -2.31. The van der Waals surface area contributed by atoms with Crippen LogP contribution in [-0.4, -0.2) is 43.5 Å². The first-order valence-electron chi connectivity index (χ1n) is 8.88. The molecule has 29 heavy (non-hydrogen) atoms. The maximum atomic E-state index is 13.7. The smallest absolute Gasteiger partial charge is 0.229 e. The van der Waals surface area contributed by atoms with Gasteiger partial charge < -0.3 is 19.7 Å². The molecule has 1 saturated heterocycles. The molecule has 1 atom stereocenters. The number of ether oxygens (including phenoxy) is 2. The topological polar surface area (TPSA) is 67.9 Å². The van der Waals surface area contributed by atoms with E-state index in [1.54, 1.807) is 24.3 Å². The summed E-state index contributed by atoms with van der Waals surface area (Å²) in [5, 5.41) is 2.21. The molecule has 154 valence electrons. The number of methoxy groups -OCH3 is 1. The molecule has 0 unspecified atom stereocenters. The molecule has 1 aliphatic heterocycles. The standard InChI is InChI=1S/C20H19F3N2O4/c1-28-15-4-2-3-5-16(15)29-9-8-25-11-12(10-17(25)26)20(27)24-14-7-6-13(21)18(22)19(14)23/h2-7,12H,8-11H2,1H3,(H,24,27)/t12-/m0/s1. The summed E-state index contributed by atoms with van der Waals surface area (Å²) in [6.45, 7) is 0.559. The highest BCUT2D eigenvalue weighted by Crippen LogP contribution is 2.26. The highest BCUT2D eigenvalue weighted by Gasteiger charge is 2.34. The zero-order valence-electron chi connectivity index (χ0n) is 15.6. The van der Waals surface area contributed by atoms with Gasteiger partial charge in [0, 0.05) is 13.0 Å². The van der Waals surface area contributed by atoms with E-state index in [2.05, 4.69) is 5.32 Å². The Hall–Kier alpha value is -3.23. The van der Waals surface area contributed by atoms with Crippen molar-refractivity contribution < 1.29 is 32.2 Å². The van der Waals surface area contributed by atoms with Crippen molar-refractivity contribution in [1.82, 2.24) is 4.90 Å². The molecular weight excluding hydrogens is 389 g/mol. The first kappa shape index (κ1) is 20.5. The Morgan fingerprint density at radius 1 is 1.14 bits per heavy atom. The highest BCUT2D eigenvalue weighted by molar-refractivity contribution is 5.97. The summed E-state index contributed by atoms with van der Waals surface area (Å²) in [6, 6.07) is 8.72. The Kier molecular flexibility index (Phi) is 6.26. The van der Waals surface area contributed by atoms with Crippen LogP contribution in [0.15, 0.2) is 36.4 Å². The number of halogens is 3. The molecule has 2 amide bonds. The number of likely N-dealkylation sites (tertiary alicyclic amines) is 1. The van der Waals surface area contributed by atoms with E-state index in [1.807, 2.05) is 0 Å². The van der Waals surface area contributed by atoms with Gasteiger partial charge in [-0.25, -0.2) is 13.2 Å². The first-order valence-corrected chi connectivity index (χ1v) is 8.88. The summed E-state index contributed by atoms with van der Waals surface area (Å²) < 4.78 is 50.8. The van der Waals surface area contributed by atoms with E-state index in [0.717, 1.165) is 12.1 Å². The van der Waals surface area contributed by atoms with Crippen LogP contribution in [0.2, 0.25) is 0 Å². The van der Waals surface area contributed by atoms with Crippen LogP contribution in [0.25, 0.3) is 0 Å². The molecule has 0 aliphatic carbocycles. The van der Waals surface area contributed by atoms with E-state index >= 15 is 0 Å². The maximum absolute atomic E-state index is 13.7. The van der Waals surface area contributed by atoms with Crippen molar-refractivity contribution in [3.63, 3.8) is 0 Å². The number of rotatable bonds is 7. The third kappa shape index (κ3) is 4.61. The summed E-state index contributed by atoms with van der Waals surface area (Å²) in [6.07, 6.45) is -0.0637. The van der Waals surface area contributed by atoms with Crippen molar-refractivity contribution in [3.05, 3.63) is 53.8 Å². The molecule has 2 aromatic rings. The fourth-order valence-electron chi connectivity index (χ4n) is 3.02. The number of hydrogen-bond donors (Lipinski definition) is 1. The van der Waals surface area contributed by atoms with Crippen molar-refractivity contribution >= 4 is 17.5 Å². The summed E-state index contributed by atoms with van der Waals surface area (Å²) >= 11 is 0. The third-order valence-corrected chi connectivity index (χ3v) is 4.57. The van der Waals surface area contributed by atoms with Gasteiger partial charge in [0.15, 0.2) is 29.0 Å². The zero-order chi connectivity index (χ0) is 21.0. The number of hydrogen-bond acceptors (Lipinski definition) is 4. The van der Waals surface area contributed by atoms with Crippen molar-refractivity contribution in [2.45, 2.75) is 6.42 Å². The van der Waals surface area contributed by atoms with Crippen molar-refractivity contribution in [1.29, 1.82) is 0 Å². The van der Waals surface area contributed by atoms with Gasteiger partial charge in [-0.15, -0.1) is 0 Å². The molecule has 0 bridgehead atoms. The fraction of sp³-hybridized carbons (Fsp3) is 0.300. The Morgan fingerprint density at radius 2 is 1.86 bits per heavy atom. The minimum atomic E-state index is -1.67. The molecule has 9 heteroatoms. The minimum Gasteiger partial charge on any atom is -0.493 e. The summed E-state index contributed by atoms with van der Waals surface area (Å²) in [5.41, 5.74) is -0.473. The SMILES string of the molecule is COc1ccccc1OCCN1C[C@@H](C(=O)Nc2ccc(F)c(F)c2F)CC1=O. The predicted molar refractivity (Wildman–Crippen MR) is 98.1 cm³/mol. The maximum Gasteiger partial charge on any atom is 0.229 e. The highest BCUT2D eigenvalue weighted by atomic mass is 19.2. The molecule has 0 radical (unpaired) electrons. The molecule has 0 spiro atoms. The predicted octanol–water partition coefficient (Wildman–Crippen LogP) is 2.98. The van der Waals surface area contributed by atoms with Gasteiger partial charge in [-0.3, -0.25) is 9.59 Å². The van der Waals surface area contributed by atoms with Crippen LogP contribution in [0.5, 0.6) is 11.5 Å². The normalized spacial score (nSPS) is 16.1. The largest absolute Gasteiger partial charge is 0.493 e. The Balaban J connectivity index is 1.54. The van der Waals surface area contributed by atoms with Crippen LogP contribution >= 0.6 is 0 Å². The number of carbonyl (C=O) groups is 2. The number of benzene rings is 2. The van der Waals surface area contributed by atoms with Gasteiger partial charge in [-0.1, -0.05) is 12.1 Å². The van der Waals surface area contributed by atoms with Gasteiger partial charge in [0.05, 0.1) is 25.3 Å². The Morgan fingerprint density at radius 3 is 2.59 bits per heavy atom. The minimum absolute atomic E-state index is 0.0637. The molecular formula is C20H19F3N2O4. The van der Waals surface area contributed by atoms with E-state index < -0.39 is 35.0 Å². The van der Waals surface area contributed by atoms with Crippen LogP contribution in [0.4, 0.5) is 18.9 Å². The van der Waals surface area contributed by atoms with E-state index in [-0.39, 0.29) is 32.0 Å². The Bertz CT molecular complexity index is 923. The number of nitrogens with one attached hydrogen (secondary N) is 1. The van der Waals surface area contributed by atoms with Crippen molar-refractivity contribution in [3.8, 4) is 11.5 Å². The van der Waals surface area contributed by atoms with Gasteiger partial charge in [0.2, 0.25) is 11.8 Å². The summed E-state index contributed by atoms with van der Waals surface area (Å²) in [4.78, 5) is 25.9. The number of amides is 2. The molecule has 2 aromatic carbocycles. The van der Waals surface area contributed by atoms with Crippen LogP contribution in [0.1, 0.15) is 6.42 Å². The lowest BCUT2D eigenvalue weighted by Gasteiger charge is -2.18. The summed E-state index contributed by atoms with van der Waals surface area (Å²) in [5.74, 6) is -5.03. The molecule has 1 heterocycles. The second kappa shape index (κ2) is 8.85. The van der Waals surface area contributed by atoms with E-state index in [1.165, 1.54) is 12.0 Å². The second-order valence-corrected chi connectivity index (χ2v) is 6.45. The molecule has 1 fully saturated rings. The quantitative estimate of drug-likeness (QED) is 0.716. The average Bonchev–Trinajstić information content (AvgIpc) is 3.09. The van der Waals surface area contributed by atoms with Crippen molar-refractivity contribution in [2.24, 2.45) is 5.92 Å². The molecule has 1 aliphatic rings. The molecule has 0 aromatic heterocycles. The molecule has 6 nitrogen and oxygen atoms in total. The van der Waals surface area contributed by atoms with Crippen LogP contribution in [0.3, 0.4) is 0 Å².